The predicted molar refractivity (Wildman–Crippen MR) is 81.6 cm³/mol. The number of anilines is 2. The van der Waals surface area contributed by atoms with Gasteiger partial charge in [-0.3, -0.25) is 0 Å². The molecule has 0 aliphatic carbocycles. The maximum Gasteiger partial charge on any atom is 0.141 e. The fourth-order valence-electron chi connectivity index (χ4n) is 2.75. The molecule has 1 aliphatic rings. The smallest absolute Gasteiger partial charge is 0.141 e. The van der Waals surface area contributed by atoms with Crippen LogP contribution in [0.15, 0.2) is 36.4 Å². The fraction of sp³-hybridized carbons (Fsp3) is 0.250. The van der Waals surface area contributed by atoms with Crippen molar-refractivity contribution in [3.8, 4) is 0 Å². The molecule has 0 atom stereocenters. The summed E-state index contributed by atoms with van der Waals surface area (Å²) in [6.07, 6.45) is 2.10. The van der Waals surface area contributed by atoms with Gasteiger partial charge in [0, 0.05) is 24.5 Å². The van der Waals surface area contributed by atoms with Gasteiger partial charge in [0.1, 0.15) is 5.82 Å². The molecule has 0 unspecified atom stereocenters. The molecule has 0 saturated heterocycles. The summed E-state index contributed by atoms with van der Waals surface area (Å²) in [6, 6.07) is 10.9. The van der Waals surface area contributed by atoms with Crippen LogP contribution in [-0.2, 0) is 13.0 Å². The Kier molecular flexibility index (Phi) is 3.53. The first kappa shape index (κ1) is 13.3. The third-order valence-electron chi connectivity index (χ3n) is 3.74. The van der Waals surface area contributed by atoms with Crippen LogP contribution < -0.4 is 10.6 Å². The van der Waals surface area contributed by atoms with Crippen molar-refractivity contribution in [1.29, 1.82) is 0 Å². The minimum atomic E-state index is -0.376. The summed E-state index contributed by atoms with van der Waals surface area (Å²) in [5, 5.41) is 0.173. The molecule has 3 rings (SSSR count). The van der Waals surface area contributed by atoms with Gasteiger partial charge in [0.15, 0.2) is 0 Å². The lowest BCUT2D eigenvalue weighted by Gasteiger charge is -2.32. The highest BCUT2D eigenvalue weighted by Crippen LogP contribution is 2.32. The van der Waals surface area contributed by atoms with Gasteiger partial charge in [-0.05, 0) is 48.2 Å². The monoisotopic (exact) mass is 290 g/mol. The largest absolute Gasteiger partial charge is 0.398 e. The van der Waals surface area contributed by atoms with E-state index in [4.69, 9.17) is 17.3 Å². The second-order valence-electron chi connectivity index (χ2n) is 5.12. The lowest BCUT2D eigenvalue weighted by molar-refractivity contribution is 0.626. The Hall–Kier alpha value is -1.74. The highest BCUT2D eigenvalue weighted by atomic mass is 35.5. The third kappa shape index (κ3) is 2.46. The second-order valence-corrected chi connectivity index (χ2v) is 5.53. The lowest BCUT2D eigenvalue weighted by atomic mass is 9.99. The second kappa shape index (κ2) is 5.33. The molecular formula is C16H16ClFN2. The summed E-state index contributed by atoms with van der Waals surface area (Å²) in [6.45, 7) is 1.70. The van der Waals surface area contributed by atoms with Crippen molar-refractivity contribution in [2.45, 2.75) is 19.4 Å². The highest BCUT2D eigenvalue weighted by molar-refractivity contribution is 6.30. The zero-order valence-corrected chi connectivity index (χ0v) is 11.8. The van der Waals surface area contributed by atoms with Gasteiger partial charge in [-0.2, -0.15) is 0 Å². The molecular weight excluding hydrogens is 275 g/mol. The standard InChI is InChI=1S/C16H16ClFN2/c17-13-9-11(6-7-14(13)18)10-20-8-2-3-12-15(19)4-1-5-16(12)20/h1,4-7,9H,2-3,8,10,19H2. The maximum absolute atomic E-state index is 13.2. The van der Waals surface area contributed by atoms with Gasteiger partial charge in [-0.1, -0.05) is 23.7 Å². The molecule has 0 aromatic heterocycles. The van der Waals surface area contributed by atoms with Crippen molar-refractivity contribution in [1.82, 2.24) is 0 Å². The molecule has 104 valence electrons. The number of hydrogen-bond acceptors (Lipinski definition) is 2. The van der Waals surface area contributed by atoms with E-state index in [1.54, 1.807) is 12.1 Å². The van der Waals surface area contributed by atoms with E-state index in [1.807, 2.05) is 12.1 Å². The summed E-state index contributed by atoms with van der Waals surface area (Å²) in [5.74, 6) is -0.376. The van der Waals surface area contributed by atoms with Gasteiger partial charge in [0.05, 0.1) is 5.02 Å². The zero-order valence-electron chi connectivity index (χ0n) is 11.1. The number of halogens is 2. The molecule has 4 heteroatoms. The number of benzene rings is 2. The molecule has 2 nitrogen and oxygen atoms in total. The molecule has 0 amide bonds. The highest BCUT2D eigenvalue weighted by Gasteiger charge is 2.18. The van der Waals surface area contributed by atoms with Gasteiger partial charge in [-0.25, -0.2) is 4.39 Å². The van der Waals surface area contributed by atoms with Crippen LogP contribution in [-0.4, -0.2) is 6.54 Å². The Balaban J connectivity index is 1.89. The van der Waals surface area contributed by atoms with Crippen LogP contribution in [0, 0.1) is 5.82 Å². The van der Waals surface area contributed by atoms with E-state index in [-0.39, 0.29) is 10.8 Å². The van der Waals surface area contributed by atoms with Crippen LogP contribution in [0.3, 0.4) is 0 Å². The van der Waals surface area contributed by atoms with Crippen LogP contribution in [0.25, 0.3) is 0 Å². The number of nitrogens with zero attached hydrogens (tertiary/aromatic N) is 1. The number of rotatable bonds is 2. The van der Waals surface area contributed by atoms with Crippen LogP contribution >= 0.6 is 11.6 Å². The van der Waals surface area contributed by atoms with Crippen molar-refractivity contribution in [2.24, 2.45) is 0 Å². The molecule has 20 heavy (non-hydrogen) atoms. The molecule has 0 fully saturated rings. The number of nitrogens with two attached hydrogens (primary N) is 1. The van der Waals surface area contributed by atoms with Crippen LogP contribution in [0.1, 0.15) is 17.5 Å². The van der Waals surface area contributed by atoms with Crippen molar-refractivity contribution in [3.05, 3.63) is 58.4 Å². The Morgan fingerprint density at radius 2 is 2.10 bits per heavy atom. The Bertz CT molecular complexity index is 642. The van der Waals surface area contributed by atoms with E-state index in [0.29, 0.717) is 0 Å². The van der Waals surface area contributed by atoms with Crippen molar-refractivity contribution in [3.63, 3.8) is 0 Å². The topological polar surface area (TPSA) is 29.3 Å². The minimum absolute atomic E-state index is 0.173. The fourth-order valence-corrected chi connectivity index (χ4v) is 2.95. The maximum atomic E-state index is 13.2. The van der Waals surface area contributed by atoms with Gasteiger partial charge in [0.25, 0.3) is 0 Å². The third-order valence-corrected chi connectivity index (χ3v) is 4.03. The normalized spacial score (nSPS) is 14.2. The number of hydrogen-bond donors (Lipinski definition) is 1. The zero-order chi connectivity index (χ0) is 14.1. The predicted octanol–water partition coefficient (Wildman–Crippen LogP) is 4.01. The molecule has 2 N–H and O–H groups in total. The summed E-state index contributed by atoms with van der Waals surface area (Å²) in [4.78, 5) is 2.28. The summed E-state index contributed by atoms with van der Waals surface area (Å²) >= 11 is 5.84. The quantitative estimate of drug-likeness (QED) is 0.847. The van der Waals surface area contributed by atoms with E-state index in [1.165, 1.54) is 17.3 Å². The van der Waals surface area contributed by atoms with Crippen molar-refractivity contribution < 1.29 is 4.39 Å². The Morgan fingerprint density at radius 1 is 1.25 bits per heavy atom. The summed E-state index contributed by atoms with van der Waals surface area (Å²) in [5.41, 5.74) is 10.3. The minimum Gasteiger partial charge on any atom is -0.398 e. The van der Waals surface area contributed by atoms with Crippen molar-refractivity contribution in [2.75, 3.05) is 17.2 Å². The first-order valence-electron chi connectivity index (χ1n) is 6.71. The Labute approximate surface area is 123 Å². The molecule has 2 aromatic carbocycles. The number of nitrogen functional groups attached to an aromatic ring is 1. The van der Waals surface area contributed by atoms with E-state index >= 15 is 0 Å². The molecule has 0 radical (unpaired) electrons. The first-order valence-corrected chi connectivity index (χ1v) is 7.09. The van der Waals surface area contributed by atoms with Gasteiger partial charge in [-0.15, -0.1) is 0 Å². The van der Waals surface area contributed by atoms with Crippen LogP contribution in [0.2, 0.25) is 5.02 Å². The van der Waals surface area contributed by atoms with Gasteiger partial charge in [0.2, 0.25) is 0 Å². The molecule has 0 saturated carbocycles. The average Bonchev–Trinajstić information content (AvgIpc) is 2.44. The van der Waals surface area contributed by atoms with Gasteiger partial charge >= 0.3 is 0 Å². The van der Waals surface area contributed by atoms with E-state index in [9.17, 15) is 4.39 Å². The number of fused-ring (bicyclic) bond motifs is 1. The van der Waals surface area contributed by atoms with Crippen molar-refractivity contribution >= 4 is 23.0 Å². The molecule has 0 spiro atoms. The summed E-state index contributed by atoms with van der Waals surface area (Å²) in [7, 11) is 0. The van der Waals surface area contributed by atoms with Crippen LogP contribution in [0.4, 0.5) is 15.8 Å². The summed E-state index contributed by atoms with van der Waals surface area (Å²) < 4.78 is 13.2. The Morgan fingerprint density at radius 3 is 2.90 bits per heavy atom. The van der Waals surface area contributed by atoms with E-state index in [0.717, 1.165) is 37.2 Å². The lowest BCUT2D eigenvalue weighted by Crippen LogP contribution is -2.29. The van der Waals surface area contributed by atoms with Crippen LogP contribution in [0.5, 0.6) is 0 Å². The molecule has 1 aliphatic heterocycles. The SMILES string of the molecule is Nc1cccc2c1CCCN2Cc1ccc(F)c(Cl)c1. The van der Waals surface area contributed by atoms with Gasteiger partial charge < -0.3 is 10.6 Å². The molecule has 2 aromatic rings. The van der Waals surface area contributed by atoms with E-state index in [2.05, 4.69) is 11.0 Å². The molecule has 0 bridgehead atoms. The average molecular weight is 291 g/mol. The molecule has 1 heterocycles. The first-order chi connectivity index (χ1) is 9.65. The van der Waals surface area contributed by atoms with E-state index < -0.39 is 0 Å².